The fraction of sp³-hybridized carbons (Fsp3) is 0.684. The fourth-order valence-electron chi connectivity index (χ4n) is 5.97. The summed E-state index contributed by atoms with van der Waals surface area (Å²) < 4.78 is 11.9. The van der Waals surface area contributed by atoms with Crippen LogP contribution >= 0.6 is 0 Å². The van der Waals surface area contributed by atoms with Gasteiger partial charge in [0, 0.05) is 18.2 Å². The van der Waals surface area contributed by atoms with Crippen LogP contribution in [0.3, 0.4) is 0 Å². The summed E-state index contributed by atoms with van der Waals surface area (Å²) in [5, 5.41) is 22.5. The molecule has 2 unspecified atom stereocenters. The summed E-state index contributed by atoms with van der Waals surface area (Å²) in [7, 11) is 1.69. The molecule has 0 amide bonds. The molecule has 4 bridgehead atoms. The molecular formula is C19H24O4. The lowest BCUT2D eigenvalue weighted by atomic mass is 9.55. The van der Waals surface area contributed by atoms with Gasteiger partial charge in [0.25, 0.3) is 0 Å². The Morgan fingerprint density at radius 3 is 3.00 bits per heavy atom. The minimum absolute atomic E-state index is 0.0817. The van der Waals surface area contributed by atoms with Crippen molar-refractivity contribution in [3.63, 3.8) is 0 Å². The van der Waals surface area contributed by atoms with E-state index in [1.54, 1.807) is 7.11 Å². The maximum atomic E-state index is 11.6. The third-order valence-corrected chi connectivity index (χ3v) is 6.91. The van der Waals surface area contributed by atoms with Crippen LogP contribution in [0.5, 0.6) is 5.75 Å². The first-order chi connectivity index (χ1) is 11.1. The molecule has 2 N–H and O–H groups in total. The molecule has 23 heavy (non-hydrogen) atoms. The van der Waals surface area contributed by atoms with Crippen molar-refractivity contribution < 1.29 is 19.7 Å². The van der Waals surface area contributed by atoms with Crippen LogP contribution in [0.1, 0.15) is 54.7 Å². The highest BCUT2D eigenvalue weighted by Gasteiger charge is 2.68. The minimum atomic E-state index is -0.723. The lowest BCUT2D eigenvalue weighted by molar-refractivity contribution is -0.168. The lowest BCUT2D eigenvalue weighted by Crippen LogP contribution is -2.63. The first kappa shape index (κ1) is 14.3. The molecule has 0 saturated heterocycles. The Bertz CT molecular complexity index is 672. The summed E-state index contributed by atoms with van der Waals surface area (Å²) in [4.78, 5) is 0. The van der Waals surface area contributed by atoms with Gasteiger partial charge >= 0.3 is 0 Å². The number of hydrogen-bond donors (Lipinski definition) is 2. The van der Waals surface area contributed by atoms with E-state index in [0.717, 1.165) is 37.0 Å². The number of benzene rings is 1. The Labute approximate surface area is 136 Å². The SMILES string of the molecule is COCc1ccc2c3c1OC14CCC[C@H](C2)[C@](O)(CC[C@@H]1O)C34. The van der Waals surface area contributed by atoms with Crippen LogP contribution in [0, 0.1) is 5.92 Å². The van der Waals surface area contributed by atoms with E-state index in [1.807, 2.05) is 0 Å². The second-order valence-corrected chi connectivity index (χ2v) is 7.89. The third kappa shape index (κ3) is 1.57. The fourth-order valence-corrected chi connectivity index (χ4v) is 5.97. The van der Waals surface area contributed by atoms with E-state index < -0.39 is 17.3 Å². The minimum Gasteiger partial charge on any atom is -0.483 e. The van der Waals surface area contributed by atoms with Crippen LogP contribution in [-0.2, 0) is 17.8 Å². The monoisotopic (exact) mass is 316 g/mol. The maximum Gasteiger partial charge on any atom is 0.144 e. The van der Waals surface area contributed by atoms with Gasteiger partial charge in [-0.05, 0) is 50.0 Å². The first-order valence-electron chi connectivity index (χ1n) is 8.83. The highest BCUT2D eigenvalue weighted by atomic mass is 16.5. The second kappa shape index (κ2) is 4.50. The molecule has 0 radical (unpaired) electrons. The molecule has 0 aromatic heterocycles. The largest absolute Gasteiger partial charge is 0.483 e. The van der Waals surface area contributed by atoms with E-state index in [0.29, 0.717) is 19.4 Å². The van der Waals surface area contributed by atoms with Crippen molar-refractivity contribution in [2.45, 2.75) is 68.4 Å². The van der Waals surface area contributed by atoms with Gasteiger partial charge < -0.3 is 19.7 Å². The van der Waals surface area contributed by atoms with Crippen LogP contribution in [0.4, 0.5) is 0 Å². The molecule has 2 fully saturated rings. The van der Waals surface area contributed by atoms with Gasteiger partial charge in [-0.25, -0.2) is 0 Å². The van der Waals surface area contributed by atoms with E-state index in [4.69, 9.17) is 9.47 Å². The molecule has 1 aliphatic heterocycles. The molecule has 0 spiro atoms. The Balaban J connectivity index is 1.79. The van der Waals surface area contributed by atoms with Gasteiger partial charge in [-0.1, -0.05) is 12.1 Å². The van der Waals surface area contributed by atoms with Crippen molar-refractivity contribution in [2.24, 2.45) is 5.92 Å². The molecule has 4 heteroatoms. The van der Waals surface area contributed by atoms with E-state index >= 15 is 0 Å². The smallest absolute Gasteiger partial charge is 0.144 e. The highest BCUT2D eigenvalue weighted by molar-refractivity contribution is 5.57. The van der Waals surface area contributed by atoms with Gasteiger partial charge in [-0.2, -0.15) is 0 Å². The molecule has 1 heterocycles. The van der Waals surface area contributed by atoms with Crippen LogP contribution in [0.2, 0.25) is 0 Å². The summed E-state index contributed by atoms with van der Waals surface area (Å²) in [5.74, 6) is 1.09. The van der Waals surface area contributed by atoms with Crippen molar-refractivity contribution in [1.29, 1.82) is 0 Å². The van der Waals surface area contributed by atoms with Crippen molar-refractivity contribution in [1.82, 2.24) is 0 Å². The van der Waals surface area contributed by atoms with Gasteiger partial charge in [-0.3, -0.25) is 0 Å². The highest BCUT2D eigenvalue weighted by Crippen LogP contribution is 2.66. The van der Waals surface area contributed by atoms with Crippen LogP contribution in [0.15, 0.2) is 12.1 Å². The number of aliphatic hydroxyl groups excluding tert-OH is 1. The summed E-state index contributed by atoms with van der Waals surface area (Å²) in [5.41, 5.74) is 2.15. The first-order valence-corrected chi connectivity index (χ1v) is 8.83. The molecular weight excluding hydrogens is 292 g/mol. The quantitative estimate of drug-likeness (QED) is 0.879. The van der Waals surface area contributed by atoms with Crippen molar-refractivity contribution in [3.05, 3.63) is 28.8 Å². The number of aliphatic hydroxyl groups is 2. The van der Waals surface area contributed by atoms with E-state index in [1.165, 1.54) is 11.1 Å². The van der Waals surface area contributed by atoms with Gasteiger partial charge in [-0.15, -0.1) is 0 Å². The van der Waals surface area contributed by atoms with Crippen LogP contribution in [-0.4, -0.2) is 34.6 Å². The molecule has 5 rings (SSSR count). The molecule has 4 aliphatic rings. The molecule has 1 aromatic carbocycles. The zero-order valence-corrected chi connectivity index (χ0v) is 13.5. The standard InChI is InChI=1S/C19H24O4/c1-22-10-12-5-4-11-9-13-3-2-7-19-14(20)6-8-18(13,21)17(19)15(11)16(12)23-19/h4-5,13-14,17,20-21H,2-3,6-10H2,1H3/t13-,14+,17?,18-,19?/m1/s1. The molecule has 3 aliphatic carbocycles. The normalized spacial score (nSPS) is 43.0. The summed E-state index contributed by atoms with van der Waals surface area (Å²) in [6.45, 7) is 0.503. The molecule has 4 nitrogen and oxygen atoms in total. The predicted molar refractivity (Wildman–Crippen MR) is 84.5 cm³/mol. The van der Waals surface area contributed by atoms with Crippen molar-refractivity contribution >= 4 is 0 Å². The van der Waals surface area contributed by atoms with Crippen LogP contribution < -0.4 is 4.74 Å². The molecule has 2 saturated carbocycles. The number of ether oxygens (including phenoxy) is 2. The lowest BCUT2D eigenvalue weighted by Gasteiger charge is -2.53. The maximum absolute atomic E-state index is 11.6. The summed E-state index contributed by atoms with van der Waals surface area (Å²) >= 11 is 0. The molecule has 124 valence electrons. The average molecular weight is 316 g/mol. The van der Waals surface area contributed by atoms with Gasteiger partial charge in [0.2, 0.25) is 0 Å². The van der Waals surface area contributed by atoms with E-state index in [2.05, 4.69) is 12.1 Å². The molecule has 5 atom stereocenters. The summed E-state index contributed by atoms with van der Waals surface area (Å²) in [6, 6.07) is 4.28. The Hall–Kier alpha value is -1.10. The van der Waals surface area contributed by atoms with E-state index in [-0.39, 0.29) is 11.8 Å². The predicted octanol–water partition coefficient (Wildman–Crippen LogP) is 2.29. The number of rotatable bonds is 2. The van der Waals surface area contributed by atoms with Gasteiger partial charge in [0.15, 0.2) is 0 Å². The van der Waals surface area contributed by atoms with Gasteiger partial charge in [0.05, 0.1) is 24.2 Å². The Morgan fingerprint density at radius 2 is 2.17 bits per heavy atom. The van der Waals surface area contributed by atoms with E-state index in [9.17, 15) is 10.2 Å². The van der Waals surface area contributed by atoms with Crippen LogP contribution in [0.25, 0.3) is 0 Å². The second-order valence-electron chi connectivity index (χ2n) is 7.89. The van der Waals surface area contributed by atoms with Crippen molar-refractivity contribution in [3.8, 4) is 5.75 Å². The average Bonchev–Trinajstić information content (AvgIpc) is 2.90. The summed E-state index contributed by atoms with van der Waals surface area (Å²) in [6.07, 6.45) is 4.61. The van der Waals surface area contributed by atoms with Crippen molar-refractivity contribution in [2.75, 3.05) is 7.11 Å². The zero-order chi connectivity index (χ0) is 15.8. The third-order valence-electron chi connectivity index (χ3n) is 6.91. The topological polar surface area (TPSA) is 58.9 Å². The Morgan fingerprint density at radius 1 is 1.30 bits per heavy atom. The van der Waals surface area contributed by atoms with Gasteiger partial charge in [0.1, 0.15) is 11.4 Å². The zero-order valence-electron chi connectivity index (χ0n) is 13.5. The molecule has 1 aromatic rings. The number of hydrogen-bond acceptors (Lipinski definition) is 4. The number of methoxy groups -OCH3 is 1. The Kier molecular flexibility index (Phi) is 2.79.